The molecule has 1 aromatic heterocycles. The topological polar surface area (TPSA) is 45.7 Å². The van der Waals surface area contributed by atoms with Crippen molar-refractivity contribution in [1.29, 1.82) is 0 Å². The van der Waals surface area contributed by atoms with Crippen LogP contribution in [0.1, 0.15) is 26.3 Å². The van der Waals surface area contributed by atoms with Gasteiger partial charge in [0.15, 0.2) is 0 Å². The van der Waals surface area contributed by atoms with Gasteiger partial charge in [0, 0.05) is 49.5 Å². The number of hydrogen-bond donors (Lipinski definition) is 0. The number of halogens is 2. The molecule has 0 bridgehead atoms. The number of aromatic nitrogens is 1. The second-order valence-corrected chi connectivity index (χ2v) is 7.14. The van der Waals surface area contributed by atoms with E-state index in [1.807, 2.05) is 20.8 Å². The summed E-state index contributed by atoms with van der Waals surface area (Å²) in [7, 11) is 0. The summed E-state index contributed by atoms with van der Waals surface area (Å²) in [5.74, 6) is 0. The molecule has 1 aliphatic heterocycles. The van der Waals surface area contributed by atoms with Gasteiger partial charge in [0.1, 0.15) is 10.8 Å². The zero-order valence-corrected chi connectivity index (χ0v) is 14.6. The summed E-state index contributed by atoms with van der Waals surface area (Å²) >= 11 is 12.0. The van der Waals surface area contributed by atoms with Crippen molar-refractivity contribution in [2.75, 3.05) is 26.2 Å². The molecule has 2 heterocycles. The van der Waals surface area contributed by atoms with Gasteiger partial charge in [0.05, 0.1) is 0 Å². The highest BCUT2D eigenvalue weighted by Crippen LogP contribution is 2.21. The van der Waals surface area contributed by atoms with E-state index in [-0.39, 0.29) is 6.09 Å². The highest BCUT2D eigenvalue weighted by Gasteiger charge is 2.26. The molecule has 22 heavy (non-hydrogen) atoms. The highest BCUT2D eigenvalue weighted by molar-refractivity contribution is 6.34. The van der Waals surface area contributed by atoms with Crippen LogP contribution in [0.25, 0.3) is 0 Å². The maximum atomic E-state index is 12.0. The van der Waals surface area contributed by atoms with Crippen molar-refractivity contribution in [2.45, 2.75) is 32.9 Å². The average Bonchev–Trinajstić information content (AvgIpc) is 2.41. The van der Waals surface area contributed by atoms with Crippen LogP contribution < -0.4 is 0 Å². The van der Waals surface area contributed by atoms with Crippen molar-refractivity contribution >= 4 is 29.3 Å². The Morgan fingerprint density at radius 1 is 1.27 bits per heavy atom. The third-order valence-corrected chi connectivity index (χ3v) is 3.87. The van der Waals surface area contributed by atoms with Crippen molar-refractivity contribution < 1.29 is 9.53 Å². The molecule has 1 fully saturated rings. The number of hydrogen-bond acceptors (Lipinski definition) is 4. The van der Waals surface area contributed by atoms with Crippen LogP contribution in [0.3, 0.4) is 0 Å². The molecule has 0 saturated carbocycles. The summed E-state index contributed by atoms with van der Waals surface area (Å²) in [6, 6.07) is 1.65. The molecule has 0 aliphatic carbocycles. The van der Waals surface area contributed by atoms with Crippen molar-refractivity contribution in [3.05, 3.63) is 28.0 Å². The van der Waals surface area contributed by atoms with Crippen LogP contribution in [0.2, 0.25) is 10.2 Å². The molecular formula is C15H21Cl2N3O2. The Hall–Kier alpha value is -1.04. The molecule has 0 unspecified atom stereocenters. The molecule has 122 valence electrons. The van der Waals surface area contributed by atoms with Crippen LogP contribution in [0.5, 0.6) is 0 Å². The van der Waals surface area contributed by atoms with Crippen LogP contribution in [-0.2, 0) is 11.3 Å². The molecular weight excluding hydrogens is 325 g/mol. The van der Waals surface area contributed by atoms with E-state index in [2.05, 4.69) is 9.88 Å². The molecule has 5 nitrogen and oxygen atoms in total. The summed E-state index contributed by atoms with van der Waals surface area (Å²) in [6.45, 7) is 9.16. The van der Waals surface area contributed by atoms with Gasteiger partial charge < -0.3 is 9.64 Å². The molecule has 0 aromatic carbocycles. The van der Waals surface area contributed by atoms with Gasteiger partial charge in [-0.2, -0.15) is 0 Å². The van der Waals surface area contributed by atoms with E-state index >= 15 is 0 Å². The molecule has 1 aliphatic rings. The lowest BCUT2D eigenvalue weighted by Crippen LogP contribution is -2.49. The Labute approximate surface area is 141 Å². The minimum atomic E-state index is -0.462. The minimum absolute atomic E-state index is 0.252. The average molecular weight is 346 g/mol. The van der Waals surface area contributed by atoms with E-state index in [1.165, 1.54) is 0 Å². The summed E-state index contributed by atoms with van der Waals surface area (Å²) in [6.07, 6.45) is 1.45. The Morgan fingerprint density at radius 2 is 1.91 bits per heavy atom. The monoisotopic (exact) mass is 345 g/mol. The maximum Gasteiger partial charge on any atom is 0.410 e. The summed E-state index contributed by atoms with van der Waals surface area (Å²) in [5, 5.41) is 1.01. The lowest BCUT2D eigenvalue weighted by atomic mass is 10.2. The standard InChI is InChI=1S/C15H21Cl2N3O2/c1-15(2,3)22-14(21)20-6-4-19(5-7-20)10-11-9-18-13(17)8-12(11)16/h8-9H,4-7,10H2,1-3H3. The molecule has 2 rings (SSSR count). The Balaban J connectivity index is 1.86. The molecule has 0 N–H and O–H groups in total. The number of carbonyl (C=O) groups excluding carboxylic acids is 1. The van der Waals surface area contributed by atoms with E-state index in [1.54, 1.807) is 17.2 Å². The van der Waals surface area contributed by atoms with Gasteiger partial charge in [-0.1, -0.05) is 23.2 Å². The Morgan fingerprint density at radius 3 is 2.45 bits per heavy atom. The number of piperazine rings is 1. The van der Waals surface area contributed by atoms with Crippen LogP contribution in [0.15, 0.2) is 12.3 Å². The fourth-order valence-electron chi connectivity index (χ4n) is 2.21. The predicted octanol–water partition coefficient (Wildman–Crippen LogP) is 3.44. The first-order chi connectivity index (χ1) is 10.2. The summed E-state index contributed by atoms with van der Waals surface area (Å²) < 4.78 is 5.39. The van der Waals surface area contributed by atoms with Gasteiger partial charge in [-0.25, -0.2) is 9.78 Å². The smallest absolute Gasteiger partial charge is 0.410 e. The van der Waals surface area contributed by atoms with Gasteiger partial charge in [-0.3, -0.25) is 4.90 Å². The predicted molar refractivity (Wildman–Crippen MR) is 87.3 cm³/mol. The molecule has 1 amide bonds. The number of ether oxygens (including phenoxy) is 1. The van der Waals surface area contributed by atoms with Crippen LogP contribution in [-0.4, -0.2) is 52.7 Å². The summed E-state index contributed by atoms with van der Waals surface area (Å²) in [5.41, 5.74) is 0.480. The van der Waals surface area contributed by atoms with Crippen LogP contribution in [0, 0.1) is 0 Å². The molecule has 7 heteroatoms. The van der Waals surface area contributed by atoms with Crippen molar-refractivity contribution in [3.8, 4) is 0 Å². The number of carbonyl (C=O) groups is 1. The second kappa shape index (κ2) is 7.02. The first-order valence-electron chi connectivity index (χ1n) is 7.25. The normalized spacial score (nSPS) is 16.7. The Bertz CT molecular complexity index is 538. The van der Waals surface area contributed by atoms with Crippen molar-refractivity contribution in [2.24, 2.45) is 0 Å². The van der Waals surface area contributed by atoms with Crippen molar-refractivity contribution in [1.82, 2.24) is 14.8 Å². The van der Waals surface area contributed by atoms with Gasteiger partial charge in [-0.15, -0.1) is 0 Å². The third-order valence-electron chi connectivity index (χ3n) is 3.31. The second-order valence-electron chi connectivity index (χ2n) is 6.34. The fraction of sp³-hybridized carbons (Fsp3) is 0.600. The third kappa shape index (κ3) is 5.00. The quantitative estimate of drug-likeness (QED) is 0.770. The maximum absolute atomic E-state index is 12.0. The van der Waals surface area contributed by atoms with Gasteiger partial charge >= 0.3 is 6.09 Å². The number of nitrogens with zero attached hydrogens (tertiary/aromatic N) is 3. The van der Waals surface area contributed by atoms with E-state index in [4.69, 9.17) is 27.9 Å². The highest BCUT2D eigenvalue weighted by atomic mass is 35.5. The zero-order chi connectivity index (χ0) is 16.3. The zero-order valence-electron chi connectivity index (χ0n) is 13.1. The van der Waals surface area contributed by atoms with Crippen LogP contribution >= 0.6 is 23.2 Å². The van der Waals surface area contributed by atoms with E-state index in [0.717, 1.165) is 18.7 Å². The van der Waals surface area contributed by atoms with Gasteiger partial charge in [0.25, 0.3) is 0 Å². The molecule has 0 spiro atoms. The molecule has 0 atom stereocenters. The number of rotatable bonds is 2. The van der Waals surface area contributed by atoms with Gasteiger partial charge in [0.2, 0.25) is 0 Å². The molecule has 1 saturated heterocycles. The lowest BCUT2D eigenvalue weighted by Gasteiger charge is -2.35. The van der Waals surface area contributed by atoms with Crippen LogP contribution in [0.4, 0.5) is 4.79 Å². The SMILES string of the molecule is CC(C)(C)OC(=O)N1CCN(Cc2cnc(Cl)cc2Cl)CC1. The largest absolute Gasteiger partial charge is 0.444 e. The minimum Gasteiger partial charge on any atom is -0.444 e. The fourth-order valence-corrected chi connectivity index (χ4v) is 2.63. The van der Waals surface area contributed by atoms with Gasteiger partial charge in [-0.05, 0) is 26.8 Å². The number of amides is 1. The molecule has 0 radical (unpaired) electrons. The first kappa shape index (κ1) is 17.3. The van der Waals surface area contributed by atoms with E-state index in [0.29, 0.717) is 29.8 Å². The lowest BCUT2D eigenvalue weighted by molar-refractivity contribution is 0.0139. The summed E-state index contributed by atoms with van der Waals surface area (Å²) in [4.78, 5) is 20.0. The molecule has 1 aromatic rings. The van der Waals surface area contributed by atoms with E-state index in [9.17, 15) is 4.79 Å². The number of pyridine rings is 1. The van der Waals surface area contributed by atoms with Crippen molar-refractivity contribution in [3.63, 3.8) is 0 Å². The Kier molecular flexibility index (Phi) is 5.53. The first-order valence-corrected chi connectivity index (χ1v) is 8.00. The van der Waals surface area contributed by atoms with E-state index < -0.39 is 5.60 Å².